The van der Waals surface area contributed by atoms with Crippen molar-refractivity contribution < 1.29 is 9.53 Å². The number of esters is 1. The Morgan fingerprint density at radius 1 is 1.50 bits per heavy atom. The molecule has 5 nitrogen and oxygen atoms in total. The second kappa shape index (κ2) is 7.59. The van der Waals surface area contributed by atoms with Gasteiger partial charge in [-0.3, -0.25) is 0 Å². The van der Waals surface area contributed by atoms with E-state index < -0.39 is 5.97 Å². The van der Waals surface area contributed by atoms with Gasteiger partial charge in [0, 0.05) is 33.9 Å². The molecule has 1 aliphatic heterocycles. The van der Waals surface area contributed by atoms with Crippen LogP contribution in [0.25, 0.3) is 0 Å². The van der Waals surface area contributed by atoms with Crippen LogP contribution < -0.4 is 0 Å². The number of ether oxygens (including phenoxy) is 1. The number of allylic oxidation sites excluding steroid dienone is 1. The van der Waals surface area contributed by atoms with Crippen LogP contribution in [0, 0.1) is 11.3 Å². The third kappa shape index (κ3) is 4.02. The Kier molecular flexibility index (Phi) is 6.10. The summed E-state index contributed by atoms with van der Waals surface area (Å²) in [4.78, 5) is 15.9. The van der Waals surface area contributed by atoms with E-state index >= 15 is 0 Å². The van der Waals surface area contributed by atoms with Crippen LogP contribution in [0.2, 0.25) is 0 Å². The van der Waals surface area contributed by atoms with Gasteiger partial charge in [-0.05, 0) is 31.8 Å². The molecule has 1 heterocycles. The highest BCUT2D eigenvalue weighted by atomic mass is 16.5. The highest BCUT2D eigenvalue weighted by molar-refractivity contribution is 5.94. The van der Waals surface area contributed by atoms with Gasteiger partial charge in [0.15, 0.2) is 5.57 Å². The molecular formula is C15H23N3O2. The molecule has 1 saturated heterocycles. The van der Waals surface area contributed by atoms with Crippen molar-refractivity contribution in [1.29, 1.82) is 5.26 Å². The topological polar surface area (TPSA) is 56.6 Å². The third-order valence-corrected chi connectivity index (χ3v) is 3.12. The molecule has 0 aliphatic carbocycles. The van der Waals surface area contributed by atoms with E-state index in [0.717, 1.165) is 31.4 Å². The van der Waals surface area contributed by atoms with E-state index in [2.05, 4.69) is 0 Å². The second-order valence-corrected chi connectivity index (χ2v) is 5.05. The van der Waals surface area contributed by atoms with Gasteiger partial charge in [-0.25, -0.2) is 4.79 Å². The molecule has 5 heteroatoms. The minimum absolute atomic E-state index is 0.101. The van der Waals surface area contributed by atoms with E-state index in [9.17, 15) is 10.1 Å². The van der Waals surface area contributed by atoms with Crippen molar-refractivity contribution in [3.05, 3.63) is 23.0 Å². The lowest BCUT2D eigenvalue weighted by atomic mass is 10.0. The first-order valence-corrected chi connectivity index (χ1v) is 6.91. The van der Waals surface area contributed by atoms with E-state index in [1.165, 1.54) is 0 Å². The van der Waals surface area contributed by atoms with Crippen LogP contribution >= 0.6 is 0 Å². The lowest BCUT2D eigenvalue weighted by Gasteiger charge is -2.23. The third-order valence-electron chi connectivity index (χ3n) is 3.12. The Bertz CT molecular complexity index is 458. The van der Waals surface area contributed by atoms with E-state index in [-0.39, 0.29) is 12.2 Å². The van der Waals surface area contributed by atoms with Gasteiger partial charge in [-0.2, -0.15) is 5.26 Å². The number of nitriles is 1. The monoisotopic (exact) mass is 277 g/mol. The van der Waals surface area contributed by atoms with Crippen molar-refractivity contribution in [3.8, 4) is 6.07 Å². The molecule has 110 valence electrons. The molecule has 1 rings (SSSR count). The van der Waals surface area contributed by atoms with Gasteiger partial charge in [0.25, 0.3) is 0 Å². The molecule has 0 aromatic rings. The number of likely N-dealkylation sites (N-methyl/N-ethyl adjacent to an activating group) is 1. The van der Waals surface area contributed by atoms with E-state index in [0.29, 0.717) is 5.70 Å². The molecule has 0 N–H and O–H groups in total. The molecule has 0 spiro atoms. The SMILES string of the molecule is CCOC(=O)/C(C#N)=C1/C(=C/N(C)C)CCCCN1C. The van der Waals surface area contributed by atoms with Crippen LogP contribution in [-0.4, -0.2) is 50.1 Å². The molecule has 0 saturated carbocycles. The lowest BCUT2D eigenvalue weighted by molar-refractivity contribution is -0.138. The summed E-state index contributed by atoms with van der Waals surface area (Å²) < 4.78 is 5.00. The standard InChI is InChI=1S/C15H23N3O2/c1-5-20-15(19)13(10-16)14-12(11-17(2)3)8-6-7-9-18(14)4/h11H,5-9H2,1-4H3/b12-11+,14-13-. The number of carbonyl (C=O) groups is 1. The summed E-state index contributed by atoms with van der Waals surface area (Å²) in [6.07, 6.45) is 4.94. The van der Waals surface area contributed by atoms with Crippen molar-refractivity contribution in [1.82, 2.24) is 9.80 Å². The minimum atomic E-state index is -0.539. The summed E-state index contributed by atoms with van der Waals surface area (Å²) in [5.41, 5.74) is 1.82. The first-order chi connectivity index (χ1) is 9.51. The summed E-state index contributed by atoms with van der Waals surface area (Å²) in [6.45, 7) is 2.85. The van der Waals surface area contributed by atoms with Gasteiger partial charge >= 0.3 is 5.97 Å². The first kappa shape index (κ1) is 16.1. The smallest absolute Gasteiger partial charge is 0.351 e. The Labute approximate surface area is 121 Å². The molecule has 0 unspecified atom stereocenters. The normalized spacial score (nSPS) is 20.1. The molecule has 1 aliphatic rings. The van der Waals surface area contributed by atoms with Crippen molar-refractivity contribution >= 4 is 5.97 Å². The Morgan fingerprint density at radius 3 is 2.75 bits per heavy atom. The number of nitrogens with zero attached hydrogens (tertiary/aromatic N) is 3. The van der Waals surface area contributed by atoms with Crippen LogP contribution in [0.1, 0.15) is 26.2 Å². The average Bonchev–Trinajstić information content (AvgIpc) is 2.54. The fourth-order valence-electron chi connectivity index (χ4n) is 2.33. The predicted octanol–water partition coefficient (Wildman–Crippen LogP) is 1.89. The van der Waals surface area contributed by atoms with E-state index in [1.54, 1.807) is 6.92 Å². The summed E-state index contributed by atoms with van der Waals surface area (Å²) in [5.74, 6) is -0.539. The zero-order chi connectivity index (χ0) is 15.1. The zero-order valence-corrected chi connectivity index (χ0v) is 12.8. The number of carbonyl (C=O) groups excluding carboxylic acids is 1. The Balaban J connectivity index is 3.34. The number of likely N-dealkylation sites (tertiary alicyclic amines) is 1. The summed E-state index contributed by atoms with van der Waals surface area (Å²) in [5, 5.41) is 9.36. The highest BCUT2D eigenvalue weighted by Crippen LogP contribution is 2.27. The van der Waals surface area contributed by atoms with Crippen LogP contribution in [0.4, 0.5) is 0 Å². The van der Waals surface area contributed by atoms with Crippen LogP contribution in [0.5, 0.6) is 0 Å². The lowest BCUT2D eigenvalue weighted by Crippen LogP contribution is -2.23. The van der Waals surface area contributed by atoms with Gasteiger partial charge in [-0.1, -0.05) is 0 Å². The maximum absolute atomic E-state index is 12.0. The number of hydrogen-bond donors (Lipinski definition) is 0. The van der Waals surface area contributed by atoms with Crippen molar-refractivity contribution in [2.75, 3.05) is 34.3 Å². The minimum Gasteiger partial charge on any atom is -0.462 e. The second-order valence-electron chi connectivity index (χ2n) is 5.05. The molecule has 0 radical (unpaired) electrons. The van der Waals surface area contributed by atoms with Crippen LogP contribution in [0.15, 0.2) is 23.0 Å². The molecular weight excluding hydrogens is 254 g/mol. The molecule has 20 heavy (non-hydrogen) atoms. The fourth-order valence-corrected chi connectivity index (χ4v) is 2.33. The van der Waals surface area contributed by atoms with Crippen LogP contribution in [-0.2, 0) is 9.53 Å². The highest BCUT2D eigenvalue weighted by Gasteiger charge is 2.24. The zero-order valence-electron chi connectivity index (χ0n) is 12.8. The van der Waals surface area contributed by atoms with Gasteiger partial charge in [0.05, 0.1) is 12.3 Å². The molecule has 1 fully saturated rings. The van der Waals surface area contributed by atoms with Gasteiger partial charge in [0.2, 0.25) is 0 Å². The van der Waals surface area contributed by atoms with Gasteiger partial charge in [-0.15, -0.1) is 0 Å². The van der Waals surface area contributed by atoms with E-state index in [4.69, 9.17) is 4.74 Å². The summed E-state index contributed by atoms with van der Waals surface area (Å²) >= 11 is 0. The molecule has 0 amide bonds. The molecule has 0 bridgehead atoms. The van der Waals surface area contributed by atoms with Crippen molar-refractivity contribution in [2.45, 2.75) is 26.2 Å². The maximum Gasteiger partial charge on any atom is 0.351 e. The number of rotatable bonds is 3. The van der Waals surface area contributed by atoms with Crippen molar-refractivity contribution in [3.63, 3.8) is 0 Å². The average molecular weight is 277 g/mol. The number of hydrogen-bond acceptors (Lipinski definition) is 5. The van der Waals surface area contributed by atoms with Crippen molar-refractivity contribution in [2.24, 2.45) is 0 Å². The fraction of sp³-hybridized carbons (Fsp3) is 0.600. The predicted molar refractivity (Wildman–Crippen MR) is 77.5 cm³/mol. The van der Waals surface area contributed by atoms with Crippen LogP contribution in [0.3, 0.4) is 0 Å². The van der Waals surface area contributed by atoms with E-state index in [1.807, 2.05) is 43.2 Å². The van der Waals surface area contributed by atoms with Gasteiger partial charge < -0.3 is 14.5 Å². The quantitative estimate of drug-likeness (QED) is 0.448. The largest absolute Gasteiger partial charge is 0.462 e. The molecule has 0 aromatic carbocycles. The maximum atomic E-state index is 12.0. The molecule has 0 atom stereocenters. The summed E-state index contributed by atoms with van der Waals surface area (Å²) in [6, 6.07) is 2.02. The van der Waals surface area contributed by atoms with Gasteiger partial charge in [0.1, 0.15) is 6.07 Å². The first-order valence-electron chi connectivity index (χ1n) is 6.91. The molecule has 0 aromatic heterocycles. The Morgan fingerprint density at radius 2 is 2.20 bits per heavy atom. The Hall–Kier alpha value is -1.96. The summed E-state index contributed by atoms with van der Waals surface area (Å²) in [7, 11) is 5.79.